The average Bonchev–Trinajstić information content (AvgIpc) is 3.11. The van der Waals surface area contributed by atoms with Crippen molar-refractivity contribution in [1.82, 2.24) is 24.7 Å². The van der Waals surface area contributed by atoms with Crippen molar-refractivity contribution in [2.75, 3.05) is 0 Å². The highest BCUT2D eigenvalue weighted by molar-refractivity contribution is 5.86. The molecule has 142 valence electrons. The van der Waals surface area contributed by atoms with E-state index in [0.29, 0.717) is 16.6 Å². The Morgan fingerprint density at radius 1 is 1.03 bits per heavy atom. The van der Waals surface area contributed by atoms with Gasteiger partial charge in [0, 0.05) is 22.8 Å². The van der Waals surface area contributed by atoms with Crippen LogP contribution in [-0.4, -0.2) is 24.7 Å². The number of fused-ring (bicyclic) bond motifs is 2. The van der Waals surface area contributed by atoms with Crippen molar-refractivity contribution in [3.05, 3.63) is 88.5 Å². The van der Waals surface area contributed by atoms with Crippen LogP contribution in [0.5, 0.6) is 0 Å². The van der Waals surface area contributed by atoms with Crippen molar-refractivity contribution >= 4 is 21.9 Å². The van der Waals surface area contributed by atoms with E-state index in [4.69, 9.17) is 0 Å². The molecule has 0 fully saturated rings. The molecule has 29 heavy (non-hydrogen) atoms. The molecule has 0 radical (unpaired) electrons. The second-order valence-corrected chi connectivity index (χ2v) is 6.93. The number of aromatic amines is 1. The fraction of sp³-hybridized carbons (Fsp3) is 0.0909. The van der Waals surface area contributed by atoms with Crippen LogP contribution in [0.4, 0.5) is 4.39 Å². The van der Waals surface area contributed by atoms with Gasteiger partial charge in [0.2, 0.25) is 0 Å². The molecule has 7 heteroatoms. The number of nitrogens with one attached hydrogen (secondary N) is 1. The Morgan fingerprint density at radius 3 is 2.72 bits per heavy atom. The summed E-state index contributed by atoms with van der Waals surface area (Å²) >= 11 is 0. The summed E-state index contributed by atoms with van der Waals surface area (Å²) in [6.45, 7) is 2.07. The van der Waals surface area contributed by atoms with Gasteiger partial charge in [-0.3, -0.25) is 19.4 Å². The van der Waals surface area contributed by atoms with Crippen molar-refractivity contribution < 1.29 is 4.39 Å². The average molecular weight is 385 g/mol. The summed E-state index contributed by atoms with van der Waals surface area (Å²) in [5, 5.41) is 8.27. The van der Waals surface area contributed by atoms with Crippen LogP contribution in [-0.2, 0) is 6.54 Å². The molecule has 0 aliphatic carbocycles. The third-order valence-electron chi connectivity index (χ3n) is 5.11. The summed E-state index contributed by atoms with van der Waals surface area (Å²) < 4.78 is 16.4. The number of hydrogen-bond acceptors (Lipinski definition) is 4. The molecule has 1 N–H and O–H groups in total. The van der Waals surface area contributed by atoms with Gasteiger partial charge in [0.1, 0.15) is 5.82 Å². The maximum absolute atomic E-state index is 14.9. The third-order valence-corrected chi connectivity index (χ3v) is 5.11. The molecule has 0 spiro atoms. The number of aromatic nitrogens is 5. The van der Waals surface area contributed by atoms with Crippen LogP contribution in [0.3, 0.4) is 0 Å². The Labute approximate surface area is 164 Å². The van der Waals surface area contributed by atoms with Crippen molar-refractivity contribution in [3.8, 4) is 11.1 Å². The van der Waals surface area contributed by atoms with Gasteiger partial charge >= 0.3 is 0 Å². The minimum atomic E-state index is -0.374. The SMILES string of the molecule is Cc1[nH]nc2cc(-c3ccc(Cn4c(=O)cnc5ccncc54)c(F)c3)ccc12. The van der Waals surface area contributed by atoms with Crippen LogP contribution in [0.1, 0.15) is 11.3 Å². The number of hydrogen-bond donors (Lipinski definition) is 1. The molecule has 5 aromatic rings. The first kappa shape index (κ1) is 17.2. The number of pyridine rings is 1. The molecule has 0 aliphatic heterocycles. The van der Waals surface area contributed by atoms with Gasteiger partial charge in [-0.1, -0.05) is 24.3 Å². The van der Waals surface area contributed by atoms with Gasteiger partial charge in [-0.15, -0.1) is 0 Å². The molecule has 3 heterocycles. The van der Waals surface area contributed by atoms with E-state index in [0.717, 1.165) is 27.7 Å². The van der Waals surface area contributed by atoms with E-state index >= 15 is 0 Å². The molecule has 0 saturated carbocycles. The highest BCUT2D eigenvalue weighted by Gasteiger charge is 2.11. The highest BCUT2D eigenvalue weighted by atomic mass is 19.1. The summed E-state index contributed by atoms with van der Waals surface area (Å²) in [6.07, 6.45) is 4.42. The third kappa shape index (κ3) is 2.97. The lowest BCUT2D eigenvalue weighted by Gasteiger charge is -2.11. The fourth-order valence-corrected chi connectivity index (χ4v) is 3.52. The Kier molecular flexibility index (Phi) is 3.94. The Bertz CT molecular complexity index is 1440. The lowest BCUT2D eigenvalue weighted by molar-refractivity contribution is 0.599. The van der Waals surface area contributed by atoms with Crippen molar-refractivity contribution in [2.45, 2.75) is 13.5 Å². The molecule has 6 nitrogen and oxygen atoms in total. The molecule has 0 aliphatic rings. The van der Waals surface area contributed by atoms with Crippen LogP contribution in [0.25, 0.3) is 33.1 Å². The van der Waals surface area contributed by atoms with Gasteiger partial charge in [-0.2, -0.15) is 5.10 Å². The quantitative estimate of drug-likeness (QED) is 0.512. The molecular formula is C22H16FN5O. The number of nitrogens with zero attached hydrogens (tertiary/aromatic N) is 4. The number of rotatable bonds is 3. The van der Waals surface area contributed by atoms with Crippen LogP contribution in [0.2, 0.25) is 0 Å². The maximum Gasteiger partial charge on any atom is 0.269 e. The molecule has 3 aromatic heterocycles. The van der Waals surface area contributed by atoms with Crippen LogP contribution in [0.15, 0.2) is 65.8 Å². The van der Waals surface area contributed by atoms with Gasteiger partial charge in [-0.05, 0) is 36.2 Å². The summed E-state index contributed by atoms with van der Waals surface area (Å²) in [4.78, 5) is 20.5. The van der Waals surface area contributed by atoms with Crippen molar-refractivity contribution in [3.63, 3.8) is 0 Å². The van der Waals surface area contributed by atoms with Gasteiger partial charge in [-0.25, -0.2) is 9.37 Å². The first-order valence-electron chi connectivity index (χ1n) is 9.13. The van der Waals surface area contributed by atoms with E-state index in [1.807, 2.05) is 31.2 Å². The van der Waals surface area contributed by atoms with E-state index in [2.05, 4.69) is 20.2 Å². The first-order valence-corrected chi connectivity index (χ1v) is 9.13. The summed E-state index contributed by atoms with van der Waals surface area (Å²) in [6, 6.07) is 12.6. The molecule has 0 unspecified atom stereocenters. The minimum absolute atomic E-state index is 0.104. The Hall–Kier alpha value is -3.87. The number of halogens is 1. The molecule has 2 aromatic carbocycles. The monoisotopic (exact) mass is 385 g/mol. The molecule has 0 atom stereocenters. The summed E-state index contributed by atoms with van der Waals surface area (Å²) in [5.74, 6) is -0.374. The fourth-order valence-electron chi connectivity index (χ4n) is 3.52. The minimum Gasteiger partial charge on any atom is -0.299 e. The van der Waals surface area contributed by atoms with E-state index < -0.39 is 0 Å². The highest BCUT2D eigenvalue weighted by Crippen LogP contribution is 2.26. The number of benzene rings is 2. The zero-order valence-corrected chi connectivity index (χ0v) is 15.6. The summed E-state index contributed by atoms with van der Waals surface area (Å²) in [7, 11) is 0. The van der Waals surface area contributed by atoms with Crippen molar-refractivity contribution in [2.24, 2.45) is 0 Å². The smallest absolute Gasteiger partial charge is 0.269 e. The van der Waals surface area contributed by atoms with E-state index in [1.54, 1.807) is 24.5 Å². The number of H-pyrrole nitrogens is 1. The molecular weight excluding hydrogens is 369 g/mol. The summed E-state index contributed by atoms with van der Waals surface area (Å²) in [5.41, 5.74) is 4.80. The van der Waals surface area contributed by atoms with Gasteiger partial charge < -0.3 is 0 Å². The zero-order valence-electron chi connectivity index (χ0n) is 15.6. The zero-order chi connectivity index (χ0) is 20.0. The van der Waals surface area contributed by atoms with Crippen LogP contribution < -0.4 is 5.56 Å². The number of aryl methyl sites for hydroxylation is 1. The molecule has 0 saturated heterocycles. The molecule has 5 rings (SSSR count). The van der Waals surface area contributed by atoms with E-state index in [1.165, 1.54) is 16.8 Å². The van der Waals surface area contributed by atoms with Crippen LogP contribution >= 0.6 is 0 Å². The van der Waals surface area contributed by atoms with Gasteiger partial charge in [0.15, 0.2) is 0 Å². The van der Waals surface area contributed by atoms with E-state index in [9.17, 15) is 9.18 Å². The lowest BCUT2D eigenvalue weighted by atomic mass is 10.0. The van der Waals surface area contributed by atoms with Gasteiger partial charge in [0.05, 0.1) is 35.5 Å². The van der Waals surface area contributed by atoms with E-state index in [-0.39, 0.29) is 17.9 Å². The van der Waals surface area contributed by atoms with Crippen LogP contribution in [0, 0.1) is 12.7 Å². The first-order chi connectivity index (χ1) is 14.1. The maximum atomic E-state index is 14.9. The predicted octanol–water partition coefficient (Wildman–Crippen LogP) is 3.83. The topological polar surface area (TPSA) is 76.5 Å². The standard InChI is InChI=1S/C22H16FN5O/c1-13-17-5-4-15(9-20(17)27-26-13)14-2-3-16(18(23)8-14)12-28-21-10-24-7-6-19(21)25-11-22(28)29/h2-11H,12H2,1H3,(H,26,27). The lowest BCUT2D eigenvalue weighted by Crippen LogP contribution is -2.21. The second kappa shape index (κ2) is 6.63. The Balaban J connectivity index is 1.53. The largest absolute Gasteiger partial charge is 0.299 e. The molecule has 0 bridgehead atoms. The second-order valence-electron chi connectivity index (χ2n) is 6.93. The van der Waals surface area contributed by atoms with Gasteiger partial charge in [0.25, 0.3) is 5.56 Å². The Morgan fingerprint density at radius 2 is 1.86 bits per heavy atom. The normalized spacial score (nSPS) is 11.4. The molecule has 0 amide bonds. The van der Waals surface area contributed by atoms with Crippen molar-refractivity contribution in [1.29, 1.82) is 0 Å². The predicted molar refractivity (Wildman–Crippen MR) is 109 cm³/mol.